The van der Waals surface area contributed by atoms with Crippen LogP contribution in [0.25, 0.3) is 0 Å². The van der Waals surface area contributed by atoms with E-state index in [0.717, 1.165) is 10.0 Å². The molecular formula is C13H12BrNO2S. The van der Waals surface area contributed by atoms with Gasteiger partial charge in [-0.05, 0) is 19.1 Å². The fourth-order valence-electron chi connectivity index (χ4n) is 1.51. The van der Waals surface area contributed by atoms with Gasteiger partial charge in [0.25, 0.3) is 10.0 Å². The lowest BCUT2D eigenvalue weighted by molar-refractivity contribution is 0.598. The molecule has 0 saturated heterocycles. The second-order valence-corrected chi connectivity index (χ2v) is 6.55. The van der Waals surface area contributed by atoms with Gasteiger partial charge in [-0.25, -0.2) is 0 Å². The second kappa shape index (κ2) is 5.20. The zero-order chi connectivity index (χ0) is 13.2. The van der Waals surface area contributed by atoms with Gasteiger partial charge < -0.3 is 0 Å². The van der Waals surface area contributed by atoms with Crippen LogP contribution in [-0.2, 0) is 10.0 Å². The van der Waals surface area contributed by atoms with Crippen molar-refractivity contribution in [1.82, 2.24) is 0 Å². The van der Waals surface area contributed by atoms with E-state index < -0.39 is 10.0 Å². The summed E-state index contributed by atoms with van der Waals surface area (Å²) in [6.45, 7) is 1.91. The van der Waals surface area contributed by atoms with Gasteiger partial charge in [-0.1, -0.05) is 51.9 Å². The molecule has 0 radical (unpaired) electrons. The van der Waals surface area contributed by atoms with E-state index in [1.807, 2.05) is 25.2 Å². The maximum absolute atomic E-state index is 12.0. The van der Waals surface area contributed by atoms with Crippen LogP contribution in [0, 0.1) is 12.8 Å². The molecule has 1 unspecified atom stereocenters. The summed E-state index contributed by atoms with van der Waals surface area (Å²) >= 11 is 3.35. The van der Waals surface area contributed by atoms with Crippen molar-refractivity contribution in [3.05, 3.63) is 52.5 Å². The molecule has 2 rings (SSSR count). The topological polar surface area (TPSA) is 46.5 Å². The number of rotatable bonds is 3. The molecular weight excluding hydrogens is 314 g/mol. The number of allylic oxidation sites excluding steroid dienone is 4. The van der Waals surface area contributed by atoms with E-state index in [1.54, 1.807) is 24.3 Å². The van der Waals surface area contributed by atoms with E-state index in [9.17, 15) is 8.42 Å². The predicted octanol–water partition coefficient (Wildman–Crippen LogP) is 3.22. The van der Waals surface area contributed by atoms with Crippen LogP contribution in [0.15, 0.2) is 56.3 Å². The number of nitrogens with zero attached hydrogens (tertiary/aromatic N) is 1. The Morgan fingerprint density at radius 2 is 1.94 bits per heavy atom. The molecule has 1 aromatic rings. The second-order valence-electron chi connectivity index (χ2n) is 4.00. The summed E-state index contributed by atoms with van der Waals surface area (Å²) in [5, 5.41) is 0. The number of hydrogen-bond donors (Lipinski definition) is 0. The van der Waals surface area contributed by atoms with Crippen molar-refractivity contribution in [2.75, 3.05) is 0 Å². The Morgan fingerprint density at radius 3 is 2.50 bits per heavy atom. The Bertz CT molecular complexity index is 627. The van der Waals surface area contributed by atoms with E-state index in [0.29, 0.717) is 0 Å². The number of sulfonamides is 1. The molecule has 1 aromatic carbocycles. The van der Waals surface area contributed by atoms with Crippen molar-refractivity contribution >= 4 is 32.2 Å². The summed E-state index contributed by atoms with van der Waals surface area (Å²) in [4.78, 5) is 0.214. The van der Waals surface area contributed by atoms with Gasteiger partial charge in [0.1, 0.15) is 0 Å². The average molecular weight is 326 g/mol. The maximum atomic E-state index is 12.0. The molecule has 94 valence electrons. The van der Waals surface area contributed by atoms with Gasteiger partial charge in [0.2, 0.25) is 0 Å². The van der Waals surface area contributed by atoms with Crippen LogP contribution in [0.3, 0.4) is 0 Å². The first-order chi connectivity index (χ1) is 8.49. The Morgan fingerprint density at radius 1 is 1.28 bits per heavy atom. The molecule has 0 N–H and O–H groups in total. The van der Waals surface area contributed by atoms with Crippen LogP contribution < -0.4 is 0 Å². The molecule has 0 saturated carbocycles. The number of hydrogen-bond acceptors (Lipinski definition) is 2. The first-order valence-corrected chi connectivity index (χ1v) is 7.63. The SMILES string of the molecule is Cc1ccc(S(=O)(=O)/N=C/C2C=CC=C2Br)cc1. The Kier molecular flexibility index (Phi) is 3.82. The minimum atomic E-state index is -3.60. The Hall–Kier alpha value is -1.20. The molecule has 0 spiro atoms. The lowest BCUT2D eigenvalue weighted by atomic mass is 10.2. The lowest BCUT2D eigenvalue weighted by Crippen LogP contribution is -2.01. The third-order valence-electron chi connectivity index (χ3n) is 2.57. The molecule has 3 nitrogen and oxygen atoms in total. The molecule has 0 fully saturated rings. The van der Waals surface area contributed by atoms with Crippen LogP contribution in [-0.4, -0.2) is 14.6 Å². The first-order valence-electron chi connectivity index (χ1n) is 5.40. The largest absolute Gasteiger partial charge is 0.281 e. The Balaban J connectivity index is 2.22. The van der Waals surface area contributed by atoms with Crippen molar-refractivity contribution in [3.8, 4) is 0 Å². The highest BCUT2D eigenvalue weighted by molar-refractivity contribution is 9.11. The van der Waals surface area contributed by atoms with Crippen molar-refractivity contribution < 1.29 is 8.42 Å². The minimum Gasteiger partial charge on any atom is -0.199 e. The zero-order valence-electron chi connectivity index (χ0n) is 9.75. The molecule has 0 aliphatic heterocycles. The molecule has 18 heavy (non-hydrogen) atoms. The van der Waals surface area contributed by atoms with E-state index in [2.05, 4.69) is 20.3 Å². The zero-order valence-corrected chi connectivity index (χ0v) is 12.1. The summed E-state index contributed by atoms with van der Waals surface area (Å²) in [7, 11) is -3.60. The molecule has 0 aromatic heterocycles. The van der Waals surface area contributed by atoms with Crippen LogP contribution in [0.4, 0.5) is 0 Å². The van der Waals surface area contributed by atoms with Crippen LogP contribution in [0.5, 0.6) is 0 Å². The molecule has 1 aliphatic carbocycles. The van der Waals surface area contributed by atoms with E-state index in [1.165, 1.54) is 6.21 Å². The fraction of sp³-hybridized carbons (Fsp3) is 0.154. The highest BCUT2D eigenvalue weighted by Gasteiger charge is 2.14. The van der Waals surface area contributed by atoms with Gasteiger partial charge in [-0.3, -0.25) is 0 Å². The minimum absolute atomic E-state index is 0.0924. The van der Waals surface area contributed by atoms with Gasteiger partial charge in [0.15, 0.2) is 0 Å². The third kappa shape index (κ3) is 2.97. The van der Waals surface area contributed by atoms with E-state index in [-0.39, 0.29) is 10.8 Å². The van der Waals surface area contributed by atoms with Crippen LogP contribution in [0.2, 0.25) is 0 Å². The number of halogens is 1. The molecule has 1 atom stereocenters. The quantitative estimate of drug-likeness (QED) is 0.801. The summed E-state index contributed by atoms with van der Waals surface area (Å²) < 4.78 is 28.5. The third-order valence-corrected chi connectivity index (χ3v) is 4.63. The van der Waals surface area contributed by atoms with Crippen molar-refractivity contribution in [2.45, 2.75) is 11.8 Å². The van der Waals surface area contributed by atoms with Crippen molar-refractivity contribution in [1.29, 1.82) is 0 Å². The van der Waals surface area contributed by atoms with Crippen LogP contribution in [0.1, 0.15) is 5.56 Å². The monoisotopic (exact) mass is 325 g/mol. The van der Waals surface area contributed by atoms with Crippen LogP contribution >= 0.6 is 15.9 Å². The van der Waals surface area contributed by atoms with Gasteiger partial charge in [-0.2, -0.15) is 12.8 Å². The maximum Gasteiger partial charge on any atom is 0.281 e. The molecule has 1 aliphatic rings. The first kappa shape index (κ1) is 13.2. The number of benzene rings is 1. The average Bonchev–Trinajstić information content (AvgIpc) is 2.73. The van der Waals surface area contributed by atoms with Gasteiger partial charge in [0, 0.05) is 16.6 Å². The summed E-state index contributed by atoms with van der Waals surface area (Å²) in [5.74, 6) is -0.0924. The van der Waals surface area contributed by atoms with E-state index in [4.69, 9.17) is 0 Å². The summed E-state index contributed by atoms with van der Waals surface area (Å²) in [6, 6.07) is 6.65. The lowest BCUT2D eigenvalue weighted by Gasteiger charge is -2.02. The van der Waals surface area contributed by atoms with Gasteiger partial charge >= 0.3 is 0 Å². The molecule has 0 heterocycles. The smallest absolute Gasteiger partial charge is 0.199 e. The fourth-order valence-corrected chi connectivity index (χ4v) is 2.82. The summed E-state index contributed by atoms with van der Waals surface area (Å²) in [6.07, 6.45) is 7.03. The Labute approximate surface area is 115 Å². The van der Waals surface area contributed by atoms with Gasteiger partial charge in [-0.15, -0.1) is 0 Å². The highest BCUT2D eigenvalue weighted by atomic mass is 79.9. The van der Waals surface area contributed by atoms with E-state index >= 15 is 0 Å². The predicted molar refractivity (Wildman–Crippen MR) is 76.5 cm³/mol. The molecule has 0 bridgehead atoms. The number of aryl methyl sites for hydroxylation is 1. The standard InChI is InChI=1S/C13H12BrNO2S/c1-10-5-7-12(8-6-10)18(16,17)15-9-11-3-2-4-13(11)14/h2-9,11H,1H3/b15-9+. The van der Waals surface area contributed by atoms with Crippen molar-refractivity contribution in [2.24, 2.45) is 10.3 Å². The normalized spacial score (nSPS) is 19.4. The van der Waals surface area contributed by atoms with Crippen molar-refractivity contribution in [3.63, 3.8) is 0 Å². The molecule has 5 heteroatoms. The molecule has 0 amide bonds. The summed E-state index contributed by atoms with van der Waals surface area (Å²) in [5.41, 5.74) is 1.02. The van der Waals surface area contributed by atoms with Gasteiger partial charge in [0.05, 0.1) is 4.90 Å². The highest BCUT2D eigenvalue weighted by Crippen LogP contribution is 2.23.